The van der Waals surface area contributed by atoms with E-state index in [1.807, 2.05) is 36.4 Å². The van der Waals surface area contributed by atoms with Crippen LogP contribution < -0.4 is 5.32 Å². The number of nitrogens with zero attached hydrogens (tertiary/aromatic N) is 1. The van der Waals surface area contributed by atoms with E-state index in [0.29, 0.717) is 6.42 Å². The Morgan fingerprint density at radius 2 is 2.16 bits per heavy atom. The van der Waals surface area contributed by atoms with Crippen molar-refractivity contribution in [3.8, 4) is 0 Å². The summed E-state index contributed by atoms with van der Waals surface area (Å²) in [6.07, 6.45) is 0.541. The monoisotopic (exact) mass is 378 g/mol. The van der Waals surface area contributed by atoms with E-state index in [9.17, 15) is 14.9 Å². The number of carboxylic acid groups (broad SMARTS) is 1. The quantitative estimate of drug-likeness (QED) is 0.450. The van der Waals surface area contributed by atoms with Crippen molar-refractivity contribution < 1.29 is 14.8 Å². The van der Waals surface area contributed by atoms with Gasteiger partial charge in [-0.1, -0.05) is 0 Å². The van der Waals surface area contributed by atoms with Gasteiger partial charge in [-0.15, -0.1) is 0 Å². The molecule has 0 fully saturated rings. The lowest BCUT2D eigenvalue weighted by molar-refractivity contribution is -0.384. The molecule has 0 aliphatic carbocycles. The number of nitro groups is 1. The Kier molecular flexibility index (Phi) is 5.10. The highest BCUT2D eigenvalue weighted by molar-refractivity contribution is 14.1. The van der Waals surface area contributed by atoms with Gasteiger partial charge in [0.1, 0.15) is 0 Å². The van der Waals surface area contributed by atoms with Gasteiger partial charge in [0.05, 0.1) is 4.92 Å². The normalized spacial score (nSPS) is 11.1. The van der Waals surface area contributed by atoms with Gasteiger partial charge < -0.3 is 10.4 Å². The van der Waals surface area contributed by atoms with E-state index in [1.165, 1.54) is 12.1 Å². The number of hydrogen-bond donors (Lipinski definition) is 2. The highest BCUT2D eigenvalue weighted by Gasteiger charge is 2.20. The van der Waals surface area contributed by atoms with Gasteiger partial charge in [-0.05, 0) is 48.9 Å². The molecule has 1 aromatic carbocycles. The number of halogens is 1. The van der Waals surface area contributed by atoms with Gasteiger partial charge in [-0.25, -0.2) is 0 Å². The lowest BCUT2D eigenvalue weighted by atomic mass is 9.98. The van der Waals surface area contributed by atoms with Crippen molar-refractivity contribution in [3.63, 3.8) is 0 Å². The molecule has 0 atom stereocenters. The Balaban J connectivity index is 2.81. The molecule has 19 heavy (non-hydrogen) atoms. The van der Waals surface area contributed by atoms with Crippen LogP contribution in [0.3, 0.4) is 0 Å². The zero-order chi connectivity index (χ0) is 14.6. The zero-order valence-corrected chi connectivity index (χ0v) is 12.8. The van der Waals surface area contributed by atoms with Crippen LogP contribution in [-0.2, 0) is 4.79 Å². The van der Waals surface area contributed by atoms with Crippen molar-refractivity contribution in [3.05, 3.63) is 31.9 Å². The maximum atomic E-state index is 10.6. The molecule has 0 spiro atoms. The number of aliphatic carboxylic acids is 1. The Labute approximate surface area is 124 Å². The molecule has 104 valence electrons. The number of rotatable bonds is 6. The summed E-state index contributed by atoms with van der Waals surface area (Å²) in [5.74, 6) is -0.840. The Hall–Kier alpha value is -1.38. The van der Waals surface area contributed by atoms with Crippen molar-refractivity contribution in [2.45, 2.75) is 32.2 Å². The lowest BCUT2D eigenvalue weighted by Crippen LogP contribution is -2.31. The van der Waals surface area contributed by atoms with Gasteiger partial charge in [0, 0.05) is 33.4 Å². The molecule has 2 N–H and O–H groups in total. The van der Waals surface area contributed by atoms with E-state index in [0.717, 1.165) is 9.26 Å². The van der Waals surface area contributed by atoms with Crippen LogP contribution in [0, 0.1) is 13.7 Å². The van der Waals surface area contributed by atoms with Crippen LogP contribution in [0.5, 0.6) is 0 Å². The van der Waals surface area contributed by atoms with Gasteiger partial charge in [-0.3, -0.25) is 14.9 Å². The minimum atomic E-state index is -0.840. The van der Waals surface area contributed by atoms with Crippen LogP contribution in [0.15, 0.2) is 18.2 Å². The minimum Gasteiger partial charge on any atom is -0.481 e. The minimum absolute atomic E-state index is 0.0401. The molecule has 0 bridgehead atoms. The summed E-state index contributed by atoms with van der Waals surface area (Å²) in [5.41, 5.74) is 0.411. The fourth-order valence-corrected chi connectivity index (χ4v) is 2.20. The predicted octanol–water partition coefficient (Wildman–Crippen LogP) is 3.25. The molecule has 0 radical (unpaired) electrons. The van der Waals surface area contributed by atoms with E-state index in [2.05, 4.69) is 5.32 Å². The molecule has 6 nitrogen and oxygen atoms in total. The average molecular weight is 378 g/mol. The van der Waals surface area contributed by atoms with Crippen molar-refractivity contribution in [1.29, 1.82) is 0 Å². The van der Waals surface area contributed by atoms with E-state index < -0.39 is 16.4 Å². The Morgan fingerprint density at radius 3 is 2.63 bits per heavy atom. The third kappa shape index (κ3) is 5.01. The van der Waals surface area contributed by atoms with Crippen LogP contribution >= 0.6 is 22.6 Å². The summed E-state index contributed by atoms with van der Waals surface area (Å²) in [5, 5.41) is 22.5. The maximum absolute atomic E-state index is 10.6. The van der Waals surface area contributed by atoms with Crippen molar-refractivity contribution in [2.24, 2.45) is 0 Å². The van der Waals surface area contributed by atoms with E-state index in [1.54, 1.807) is 6.07 Å². The van der Waals surface area contributed by atoms with Crippen LogP contribution in [0.1, 0.15) is 26.7 Å². The van der Waals surface area contributed by atoms with Gasteiger partial charge in [-0.2, -0.15) is 0 Å². The van der Waals surface area contributed by atoms with Crippen LogP contribution in [-0.4, -0.2) is 21.5 Å². The first-order valence-corrected chi connectivity index (χ1v) is 6.73. The molecule has 0 saturated heterocycles. The maximum Gasteiger partial charge on any atom is 0.303 e. The van der Waals surface area contributed by atoms with E-state index in [-0.39, 0.29) is 12.1 Å². The molecular formula is C12H15IN2O4. The average Bonchev–Trinajstić information content (AvgIpc) is 2.29. The standard InChI is InChI=1S/C12H15IN2O4/c1-12(2,6-5-11(16)17)14-10-4-3-8(15(18)19)7-9(10)13/h3-4,7,14H,5-6H2,1-2H3,(H,16,17). The number of carbonyl (C=O) groups is 1. The third-order valence-electron chi connectivity index (χ3n) is 2.60. The van der Waals surface area contributed by atoms with Gasteiger partial charge in [0.25, 0.3) is 5.69 Å². The SMILES string of the molecule is CC(C)(CCC(=O)O)Nc1ccc([N+](=O)[O-])cc1I. The highest BCUT2D eigenvalue weighted by atomic mass is 127. The smallest absolute Gasteiger partial charge is 0.303 e. The number of carboxylic acids is 1. The number of anilines is 1. The summed E-state index contributed by atoms with van der Waals surface area (Å²) >= 11 is 2.02. The number of nitrogens with one attached hydrogen (secondary N) is 1. The first kappa shape index (κ1) is 15.7. The van der Waals surface area contributed by atoms with Gasteiger partial charge in [0.15, 0.2) is 0 Å². The lowest BCUT2D eigenvalue weighted by Gasteiger charge is -2.27. The van der Waals surface area contributed by atoms with Gasteiger partial charge in [0.2, 0.25) is 0 Å². The van der Waals surface area contributed by atoms with Crippen molar-refractivity contribution in [1.82, 2.24) is 0 Å². The fraction of sp³-hybridized carbons (Fsp3) is 0.417. The molecule has 0 aromatic heterocycles. The second-order valence-electron chi connectivity index (χ2n) is 4.82. The molecule has 0 heterocycles. The largest absolute Gasteiger partial charge is 0.481 e. The molecule has 0 aliphatic heterocycles. The molecule has 0 unspecified atom stereocenters. The molecule has 7 heteroatoms. The highest BCUT2D eigenvalue weighted by Crippen LogP contribution is 2.27. The van der Waals surface area contributed by atoms with Crippen LogP contribution in [0.2, 0.25) is 0 Å². The summed E-state index contributed by atoms with van der Waals surface area (Å²) in [4.78, 5) is 20.8. The van der Waals surface area contributed by atoms with Crippen LogP contribution in [0.25, 0.3) is 0 Å². The first-order valence-electron chi connectivity index (χ1n) is 5.65. The second kappa shape index (κ2) is 6.18. The number of hydrogen-bond acceptors (Lipinski definition) is 4. The Morgan fingerprint density at radius 1 is 1.53 bits per heavy atom. The Bertz CT molecular complexity index is 503. The molecule has 0 saturated carbocycles. The van der Waals surface area contributed by atoms with E-state index in [4.69, 9.17) is 5.11 Å². The van der Waals surface area contributed by atoms with Crippen molar-refractivity contribution >= 4 is 39.9 Å². The number of benzene rings is 1. The number of non-ortho nitro benzene ring substituents is 1. The topological polar surface area (TPSA) is 92.5 Å². The van der Waals surface area contributed by atoms with Crippen molar-refractivity contribution in [2.75, 3.05) is 5.32 Å². The van der Waals surface area contributed by atoms with Crippen LogP contribution in [0.4, 0.5) is 11.4 Å². The fourth-order valence-electron chi connectivity index (χ4n) is 1.57. The second-order valence-corrected chi connectivity index (χ2v) is 5.99. The molecular weight excluding hydrogens is 363 g/mol. The summed E-state index contributed by atoms with van der Waals surface area (Å²) in [7, 11) is 0. The van der Waals surface area contributed by atoms with E-state index >= 15 is 0 Å². The van der Waals surface area contributed by atoms with Gasteiger partial charge >= 0.3 is 5.97 Å². The zero-order valence-electron chi connectivity index (χ0n) is 10.6. The predicted molar refractivity (Wildman–Crippen MR) is 80.4 cm³/mol. The number of nitro benzene ring substituents is 1. The molecule has 0 aliphatic rings. The summed E-state index contributed by atoms with van der Waals surface area (Å²) < 4.78 is 0.732. The summed E-state index contributed by atoms with van der Waals surface area (Å²) in [6.45, 7) is 3.79. The summed E-state index contributed by atoms with van der Waals surface area (Å²) in [6, 6.07) is 4.55. The molecule has 1 aromatic rings. The molecule has 0 amide bonds. The third-order valence-corrected chi connectivity index (χ3v) is 3.49. The first-order chi connectivity index (χ1) is 8.71. The molecule has 1 rings (SSSR count).